The molecule has 2 aromatic carbocycles. The van der Waals surface area contributed by atoms with Gasteiger partial charge in [-0.15, -0.1) is 11.3 Å². The van der Waals surface area contributed by atoms with Gasteiger partial charge < -0.3 is 10.3 Å². The number of hydrogen-bond donors (Lipinski definition) is 4. The number of carbonyl (C=O) groups is 1. The first-order chi connectivity index (χ1) is 22.4. The zero-order chi connectivity index (χ0) is 33.7. The minimum absolute atomic E-state index is 0.0227. The molecule has 1 amide bonds. The number of fused-ring (bicyclic) bond motifs is 1. The number of hydrogen-bond acceptors (Lipinski definition) is 10. The number of imidazole rings is 1. The molecule has 6 rings (SSSR count). The van der Waals surface area contributed by atoms with Crippen molar-refractivity contribution in [3.05, 3.63) is 111 Å². The Bertz CT molecular complexity index is 2210. The number of thiazole rings is 1. The molecule has 13 nitrogen and oxygen atoms in total. The number of pyridine rings is 1. The van der Waals surface area contributed by atoms with Crippen LogP contribution in [0.25, 0.3) is 28.0 Å². The Morgan fingerprint density at radius 3 is 2.45 bits per heavy atom. The van der Waals surface area contributed by atoms with Gasteiger partial charge in [-0.2, -0.15) is 13.4 Å². The van der Waals surface area contributed by atoms with E-state index in [1.807, 2.05) is 6.92 Å². The molecule has 0 aliphatic carbocycles. The SMILES string of the molecule is CCS(=O)(=O)O.Cc1ccc(C(=O)Nc2nccs2)cc1-c1nc(NCc2ncc[nH]2)nc2c1ccc(=O)n2-c1c(F)cccc1F. The molecule has 0 saturated carbocycles. The van der Waals surface area contributed by atoms with Crippen molar-refractivity contribution in [2.45, 2.75) is 20.4 Å². The maximum absolute atomic E-state index is 14.9. The molecule has 17 heteroatoms. The number of aromatic nitrogens is 6. The fourth-order valence-corrected chi connectivity index (χ4v) is 4.87. The molecule has 0 bridgehead atoms. The maximum atomic E-state index is 14.9. The molecule has 0 saturated heterocycles. The van der Waals surface area contributed by atoms with E-state index in [0.717, 1.165) is 22.3 Å². The first kappa shape index (κ1) is 33.0. The van der Waals surface area contributed by atoms with E-state index in [0.29, 0.717) is 33.2 Å². The van der Waals surface area contributed by atoms with Crippen molar-refractivity contribution < 1.29 is 26.5 Å². The Hall–Kier alpha value is -5.39. The van der Waals surface area contributed by atoms with E-state index in [1.165, 1.54) is 36.5 Å². The lowest BCUT2D eigenvalue weighted by Gasteiger charge is -2.16. The van der Waals surface area contributed by atoms with Crippen LogP contribution in [-0.4, -0.2) is 54.1 Å². The Morgan fingerprint density at radius 1 is 1.06 bits per heavy atom. The number of H-pyrrole nitrogens is 1. The highest BCUT2D eigenvalue weighted by atomic mass is 32.2. The molecular formula is C30H26F2N8O5S2. The molecule has 0 unspecified atom stereocenters. The third kappa shape index (κ3) is 7.71. The summed E-state index contributed by atoms with van der Waals surface area (Å²) in [5.41, 5.74) is 0.752. The fourth-order valence-electron chi connectivity index (χ4n) is 4.35. The molecule has 47 heavy (non-hydrogen) atoms. The highest BCUT2D eigenvalue weighted by Gasteiger charge is 2.21. The van der Waals surface area contributed by atoms with Crippen LogP contribution in [-0.2, 0) is 16.7 Å². The Labute approximate surface area is 270 Å². The molecule has 0 radical (unpaired) electrons. The molecule has 242 valence electrons. The van der Waals surface area contributed by atoms with Gasteiger partial charge in [0.2, 0.25) is 5.95 Å². The Morgan fingerprint density at radius 2 is 1.81 bits per heavy atom. The fraction of sp³-hybridized carbons (Fsp3) is 0.133. The molecule has 0 fully saturated rings. The summed E-state index contributed by atoms with van der Waals surface area (Å²) in [6.45, 7) is 3.42. The van der Waals surface area contributed by atoms with Crippen LogP contribution in [0.1, 0.15) is 28.7 Å². The number of nitrogens with one attached hydrogen (secondary N) is 3. The van der Waals surface area contributed by atoms with Crippen LogP contribution in [0.2, 0.25) is 0 Å². The van der Waals surface area contributed by atoms with E-state index in [2.05, 4.69) is 30.6 Å². The van der Waals surface area contributed by atoms with Crippen LogP contribution in [0.5, 0.6) is 0 Å². The number of para-hydroxylation sites is 1. The van der Waals surface area contributed by atoms with Crippen molar-refractivity contribution in [2.75, 3.05) is 16.4 Å². The van der Waals surface area contributed by atoms with Crippen molar-refractivity contribution in [1.29, 1.82) is 0 Å². The van der Waals surface area contributed by atoms with Crippen LogP contribution in [0.15, 0.2) is 77.3 Å². The molecule has 4 heterocycles. The normalized spacial score (nSPS) is 11.2. The van der Waals surface area contributed by atoms with Crippen LogP contribution >= 0.6 is 11.3 Å². The van der Waals surface area contributed by atoms with E-state index in [1.54, 1.807) is 42.2 Å². The van der Waals surface area contributed by atoms with Gasteiger partial charge in [-0.05, 0) is 49.7 Å². The zero-order valence-electron chi connectivity index (χ0n) is 24.7. The van der Waals surface area contributed by atoms with E-state index in [9.17, 15) is 26.8 Å². The van der Waals surface area contributed by atoms with Gasteiger partial charge in [-0.1, -0.05) is 12.1 Å². The van der Waals surface area contributed by atoms with Crippen LogP contribution in [0, 0.1) is 18.6 Å². The van der Waals surface area contributed by atoms with Gasteiger partial charge in [0, 0.05) is 46.6 Å². The van der Waals surface area contributed by atoms with Crippen LogP contribution in [0.3, 0.4) is 0 Å². The predicted octanol–water partition coefficient (Wildman–Crippen LogP) is 4.97. The zero-order valence-corrected chi connectivity index (χ0v) is 26.4. The van der Waals surface area contributed by atoms with Crippen molar-refractivity contribution in [3.8, 4) is 16.9 Å². The summed E-state index contributed by atoms with van der Waals surface area (Å²) in [6, 6.07) is 11.1. The molecular weight excluding hydrogens is 655 g/mol. The number of benzene rings is 2. The maximum Gasteiger partial charge on any atom is 0.264 e. The summed E-state index contributed by atoms with van der Waals surface area (Å²) in [4.78, 5) is 46.5. The second kappa shape index (κ2) is 13.9. The van der Waals surface area contributed by atoms with Crippen molar-refractivity contribution in [1.82, 2.24) is 29.5 Å². The molecule has 4 N–H and O–H groups in total. The third-order valence-electron chi connectivity index (χ3n) is 6.65. The summed E-state index contributed by atoms with van der Waals surface area (Å²) in [6.07, 6.45) is 4.84. The summed E-state index contributed by atoms with van der Waals surface area (Å²) >= 11 is 1.29. The van der Waals surface area contributed by atoms with E-state index in [-0.39, 0.29) is 29.8 Å². The minimum Gasteiger partial charge on any atom is -0.347 e. The van der Waals surface area contributed by atoms with Crippen molar-refractivity contribution in [2.24, 2.45) is 0 Å². The molecule has 0 aliphatic rings. The van der Waals surface area contributed by atoms with Gasteiger partial charge in [-0.25, -0.2) is 23.7 Å². The molecule has 4 aromatic heterocycles. The Kier molecular flexibility index (Phi) is 9.78. The number of aryl methyl sites for hydroxylation is 1. The standard InChI is InChI=1S/C28H20F2N8O2S.C2H6O3S/c1-15-5-6-16(26(40)37-28-33-11-12-41-28)13-18(15)23-17-7-8-22(39)38(24-19(29)3-2-4-20(24)30)25(17)36-27(35-23)34-14-21-31-9-10-32-21;1-2-6(3,4)5/h2-13H,14H2,1H3,(H,31,32)(H,33,37,40)(H,34,35,36);2H2,1H3,(H,3,4,5). The monoisotopic (exact) mass is 680 g/mol. The lowest BCUT2D eigenvalue weighted by molar-refractivity contribution is 0.102. The number of anilines is 2. The number of carbonyl (C=O) groups excluding carboxylic acids is 1. The van der Waals surface area contributed by atoms with Gasteiger partial charge in [0.1, 0.15) is 23.1 Å². The first-order valence-corrected chi connectivity index (χ1v) is 16.3. The highest BCUT2D eigenvalue weighted by Crippen LogP contribution is 2.32. The summed E-state index contributed by atoms with van der Waals surface area (Å²) in [7, 11) is -3.66. The summed E-state index contributed by atoms with van der Waals surface area (Å²) in [5, 5.41) is 8.36. The molecule has 0 spiro atoms. The van der Waals surface area contributed by atoms with Gasteiger partial charge in [0.15, 0.2) is 10.8 Å². The molecule has 6 aromatic rings. The second-order valence-electron chi connectivity index (χ2n) is 9.79. The highest BCUT2D eigenvalue weighted by molar-refractivity contribution is 7.85. The quantitative estimate of drug-likeness (QED) is 0.160. The topological polar surface area (TPSA) is 185 Å². The minimum atomic E-state index is -3.66. The van der Waals surface area contributed by atoms with E-state index >= 15 is 0 Å². The van der Waals surface area contributed by atoms with Gasteiger partial charge >= 0.3 is 0 Å². The van der Waals surface area contributed by atoms with E-state index < -0.39 is 33.0 Å². The smallest absolute Gasteiger partial charge is 0.264 e. The number of aromatic amines is 1. The lowest BCUT2D eigenvalue weighted by Crippen LogP contribution is -2.21. The molecule has 0 aliphatic heterocycles. The first-order valence-electron chi connectivity index (χ1n) is 13.8. The second-order valence-corrected chi connectivity index (χ2v) is 12.4. The third-order valence-corrected chi connectivity index (χ3v) is 8.07. The van der Waals surface area contributed by atoms with Crippen LogP contribution < -0.4 is 16.2 Å². The van der Waals surface area contributed by atoms with Crippen molar-refractivity contribution in [3.63, 3.8) is 0 Å². The average molecular weight is 681 g/mol. The lowest BCUT2D eigenvalue weighted by atomic mass is 9.99. The van der Waals surface area contributed by atoms with Gasteiger partial charge in [0.05, 0.1) is 18.0 Å². The number of halogens is 2. The summed E-state index contributed by atoms with van der Waals surface area (Å²) in [5.74, 6) is -1.76. The summed E-state index contributed by atoms with van der Waals surface area (Å²) < 4.78 is 57.7. The number of amides is 1. The molecule has 0 atom stereocenters. The number of rotatable bonds is 8. The average Bonchev–Trinajstić information content (AvgIpc) is 3.76. The van der Waals surface area contributed by atoms with Crippen molar-refractivity contribution >= 4 is 49.5 Å². The largest absolute Gasteiger partial charge is 0.347 e. The predicted molar refractivity (Wildman–Crippen MR) is 173 cm³/mol. The van der Waals surface area contributed by atoms with Crippen LogP contribution in [0.4, 0.5) is 19.9 Å². The Balaban J connectivity index is 0.000000662. The van der Waals surface area contributed by atoms with Gasteiger partial charge in [-0.3, -0.25) is 24.0 Å². The number of nitrogens with zero attached hydrogens (tertiary/aromatic N) is 5. The van der Waals surface area contributed by atoms with Gasteiger partial charge in [0.25, 0.3) is 21.6 Å². The van der Waals surface area contributed by atoms with E-state index in [4.69, 9.17) is 9.54 Å².